The quantitative estimate of drug-likeness (QED) is 0.179. The van der Waals surface area contributed by atoms with Gasteiger partial charge in [0.1, 0.15) is 0 Å². The molecule has 4 aliphatic rings. The summed E-state index contributed by atoms with van der Waals surface area (Å²) < 4.78 is 0. The summed E-state index contributed by atoms with van der Waals surface area (Å²) in [5.74, 6) is 2.76. The smallest absolute Gasteiger partial charge is 0.0133 e. The monoisotopic (exact) mass is 606 g/mol. The maximum absolute atomic E-state index is 2.83. The van der Waals surface area contributed by atoms with E-state index >= 15 is 0 Å². The van der Waals surface area contributed by atoms with Crippen molar-refractivity contribution in [3.05, 3.63) is 82.9 Å². The highest BCUT2D eigenvalue weighted by molar-refractivity contribution is 6.16. The van der Waals surface area contributed by atoms with Crippen molar-refractivity contribution in [3.63, 3.8) is 0 Å². The van der Waals surface area contributed by atoms with Gasteiger partial charge in [0.25, 0.3) is 0 Å². The van der Waals surface area contributed by atoms with E-state index in [-0.39, 0.29) is 0 Å². The molecule has 0 heterocycles. The Morgan fingerprint density at radius 3 is 0.696 bits per heavy atom. The first kappa shape index (κ1) is 29.3. The first-order chi connectivity index (χ1) is 22.9. The highest BCUT2D eigenvalue weighted by Gasteiger charge is 2.30. The summed E-state index contributed by atoms with van der Waals surface area (Å²) in [5.41, 5.74) is 6.87. The lowest BCUT2D eigenvalue weighted by molar-refractivity contribution is 0.444. The SMILES string of the molecule is c1ccc2c(C3CCCCC3)c3cc4c(C5CCCCC5)c5ccccc5c(C5CCCCC5)c4cc3c(C3CCCCC3)c2c1. The molecular weight excluding hydrogens is 553 g/mol. The average molecular weight is 607 g/mol. The summed E-state index contributed by atoms with van der Waals surface area (Å²) >= 11 is 0. The molecule has 0 aromatic heterocycles. The van der Waals surface area contributed by atoms with Crippen LogP contribution in [0.1, 0.15) is 174 Å². The Morgan fingerprint density at radius 1 is 0.261 bits per heavy atom. The molecule has 9 rings (SSSR count). The van der Waals surface area contributed by atoms with Crippen molar-refractivity contribution in [3.8, 4) is 0 Å². The largest absolute Gasteiger partial charge is 0.0616 e. The molecule has 0 spiro atoms. The molecular formula is C46H54. The van der Waals surface area contributed by atoms with Crippen molar-refractivity contribution < 1.29 is 0 Å². The van der Waals surface area contributed by atoms with Crippen molar-refractivity contribution in [1.82, 2.24) is 0 Å². The summed E-state index contributed by atoms with van der Waals surface area (Å²) in [6.07, 6.45) is 27.7. The van der Waals surface area contributed by atoms with Gasteiger partial charge in [-0.25, -0.2) is 0 Å². The van der Waals surface area contributed by atoms with E-state index in [1.165, 1.54) is 128 Å². The average Bonchev–Trinajstić information content (AvgIpc) is 3.13. The van der Waals surface area contributed by atoms with Gasteiger partial charge in [-0.2, -0.15) is 0 Å². The van der Waals surface area contributed by atoms with Gasteiger partial charge in [-0.15, -0.1) is 0 Å². The van der Waals surface area contributed by atoms with E-state index < -0.39 is 0 Å². The van der Waals surface area contributed by atoms with Crippen LogP contribution < -0.4 is 0 Å². The molecule has 0 bridgehead atoms. The van der Waals surface area contributed by atoms with E-state index in [2.05, 4.69) is 60.7 Å². The van der Waals surface area contributed by atoms with Crippen LogP contribution in [-0.4, -0.2) is 0 Å². The summed E-state index contributed by atoms with van der Waals surface area (Å²) in [5, 5.41) is 12.9. The second-order valence-corrected chi connectivity index (χ2v) is 16.0. The van der Waals surface area contributed by atoms with Gasteiger partial charge >= 0.3 is 0 Å². The maximum Gasteiger partial charge on any atom is -0.0133 e. The predicted octanol–water partition coefficient (Wildman–Crippen LogP) is 14.5. The molecule has 46 heavy (non-hydrogen) atoms. The molecule has 0 unspecified atom stereocenters. The van der Waals surface area contributed by atoms with Crippen LogP contribution in [0.2, 0.25) is 0 Å². The number of benzene rings is 5. The number of rotatable bonds is 4. The number of hydrogen-bond donors (Lipinski definition) is 0. The van der Waals surface area contributed by atoms with Gasteiger partial charge in [-0.1, -0.05) is 126 Å². The topological polar surface area (TPSA) is 0 Å². The van der Waals surface area contributed by atoms with Crippen LogP contribution in [0.5, 0.6) is 0 Å². The molecule has 0 N–H and O–H groups in total. The minimum absolute atomic E-state index is 0.690. The molecule has 0 aliphatic heterocycles. The first-order valence-electron chi connectivity index (χ1n) is 19.7. The fourth-order valence-corrected chi connectivity index (χ4v) is 11.3. The van der Waals surface area contributed by atoms with Crippen molar-refractivity contribution >= 4 is 43.1 Å². The zero-order chi connectivity index (χ0) is 30.5. The second-order valence-electron chi connectivity index (χ2n) is 16.0. The lowest BCUT2D eigenvalue weighted by atomic mass is 9.72. The summed E-state index contributed by atoms with van der Waals surface area (Å²) in [6.45, 7) is 0. The third-order valence-corrected chi connectivity index (χ3v) is 13.4. The Labute approximate surface area is 277 Å². The molecule has 0 radical (unpaired) electrons. The van der Waals surface area contributed by atoms with Crippen LogP contribution in [0.15, 0.2) is 60.7 Å². The van der Waals surface area contributed by atoms with E-state index in [1.54, 1.807) is 65.3 Å². The summed E-state index contributed by atoms with van der Waals surface area (Å²) in [7, 11) is 0. The van der Waals surface area contributed by atoms with E-state index in [9.17, 15) is 0 Å². The van der Waals surface area contributed by atoms with E-state index in [0.29, 0.717) is 23.7 Å². The van der Waals surface area contributed by atoms with Crippen LogP contribution in [-0.2, 0) is 0 Å². The number of hydrogen-bond acceptors (Lipinski definition) is 0. The van der Waals surface area contributed by atoms with Crippen molar-refractivity contribution in [2.24, 2.45) is 0 Å². The predicted molar refractivity (Wildman–Crippen MR) is 200 cm³/mol. The molecule has 0 heteroatoms. The molecule has 0 nitrogen and oxygen atoms in total. The fraction of sp³-hybridized carbons (Fsp3) is 0.522. The Morgan fingerprint density at radius 2 is 0.478 bits per heavy atom. The van der Waals surface area contributed by atoms with Gasteiger partial charge in [0.15, 0.2) is 0 Å². The number of fused-ring (bicyclic) bond motifs is 4. The van der Waals surface area contributed by atoms with E-state index in [0.717, 1.165) is 0 Å². The van der Waals surface area contributed by atoms with Crippen LogP contribution in [0.4, 0.5) is 0 Å². The van der Waals surface area contributed by atoms with E-state index in [4.69, 9.17) is 0 Å². The Balaban J connectivity index is 1.45. The first-order valence-corrected chi connectivity index (χ1v) is 19.7. The molecule has 0 amide bonds. The molecule has 0 atom stereocenters. The standard InChI is InChI=1S/C46H54/c1-5-17-31(18-6-1)43-35-25-13-14-26-36(35)44(32-19-7-2-8-20-32)40-30-42-41(29-39(40)43)45(33-21-9-3-10-22-33)37-27-15-16-28-38(37)46(42)34-23-11-4-12-24-34/h13-16,25-34H,1-12,17-24H2. The highest BCUT2D eigenvalue weighted by atomic mass is 14.3. The third kappa shape index (κ3) is 5.00. The minimum Gasteiger partial charge on any atom is -0.0616 e. The lowest BCUT2D eigenvalue weighted by Crippen LogP contribution is -2.12. The van der Waals surface area contributed by atoms with Gasteiger partial charge in [-0.05, 0) is 153 Å². The van der Waals surface area contributed by atoms with Gasteiger partial charge in [0.2, 0.25) is 0 Å². The van der Waals surface area contributed by atoms with Crippen molar-refractivity contribution in [1.29, 1.82) is 0 Å². The lowest BCUT2D eigenvalue weighted by Gasteiger charge is -2.32. The van der Waals surface area contributed by atoms with Crippen LogP contribution >= 0.6 is 0 Å². The van der Waals surface area contributed by atoms with Crippen LogP contribution in [0.3, 0.4) is 0 Å². The fourth-order valence-electron chi connectivity index (χ4n) is 11.3. The Hall–Kier alpha value is -2.86. The minimum atomic E-state index is 0.690. The molecule has 0 saturated heterocycles. The Bertz CT molecular complexity index is 1590. The molecule has 238 valence electrons. The summed E-state index contributed by atoms with van der Waals surface area (Å²) in [4.78, 5) is 0. The van der Waals surface area contributed by atoms with Gasteiger partial charge < -0.3 is 0 Å². The van der Waals surface area contributed by atoms with Gasteiger partial charge in [0, 0.05) is 0 Å². The summed E-state index contributed by atoms with van der Waals surface area (Å²) in [6, 6.07) is 25.1. The Kier molecular flexibility index (Phi) is 8.04. The highest BCUT2D eigenvalue weighted by Crippen LogP contribution is 2.52. The van der Waals surface area contributed by atoms with Crippen molar-refractivity contribution in [2.75, 3.05) is 0 Å². The molecule has 5 aromatic carbocycles. The molecule has 4 aliphatic carbocycles. The second kappa shape index (κ2) is 12.6. The zero-order valence-electron chi connectivity index (χ0n) is 28.2. The maximum atomic E-state index is 2.83. The van der Waals surface area contributed by atoms with Crippen LogP contribution in [0, 0.1) is 0 Å². The van der Waals surface area contributed by atoms with Crippen LogP contribution in [0.25, 0.3) is 43.1 Å². The normalized spacial score (nSPS) is 21.6. The molecule has 4 fully saturated rings. The van der Waals surface area contributed by atoms with Crippen molar-refractivity contribution in [2.45, 2.75) is 152 Å². The van der Waals surface area contributed by atoms with Gasteiger partial charge in [0.05, 0.1) is 0 Å². The van der Waals surface area contributed by atoms with E-state index in [1.807, 2.05) is 0 Å². The molecule has 5 aromatic rings. The third-order valence-electron chi connectivity index (χ3n) is 13.4. The van der Waals surface area contributed by atoms with Gasteiger partial charge in [-0.3, -0.25) is 0 Å². The zero-order valence-corrected chi connectivity index (χ0v) is 28.2. The molecule has 4 saturated carbocycles.